The number of fused-ring (bicyclic) bond motifs is 1. The van der Waals surface area contributed by atoms with Gasteiger partial charge in [-0.2, -0.15) is 0 Å². The molecule has 6 nitrogen and oxygen atoms in total. The van der Waals surface area contributed by atoms with Gasteiger partial charge in [0.05, 0.1) is 6.04 Å². The van der Waals surface area contributed by atoms with Crippen molar-refractivity contribution in [3.05, 3.63) is 65.5 Å². The highest BCUT2D eigenvalue weighted by atomic mass is 16.2. The second-order valence-electron chi connectivity index (χ2n) is 7.62. The van der Waals surface area contributed by atoms with Crippen molar-refractivity contribution in [1.82, 2.24) is 15.2 Å². The molecule has 1 aromatic heterocycles. The molecule has 1 atom stereocenters. The van der Waals surface area contributed by atoms with Gasteiger partial charge >= 0.3 is 6.03 Å². The summed E-state index contributed by atoms with van der Waals surface area (Å²) in [6, 6.07) is 9.62. The van der Waals surface area contributed by atoms with Crippen molar-refractivity contribution in [3.63, 3.8) is 0 Å². The number of ketones is 1. The Balaban J connectivity index is 1.37. The molecule has 150 valence electrons. The Morgan fingerprint density at radius 2 is 1.97 bits per heavy atom. The number of rotatable bonds is 5. The van der Waals surface area contributed by atoms with Crippen LogP contribution in [0.4, 0.5) is 10.5 Å². The highest BCUT2D eigenvalue weighted by molar-refractivity contribution is 5.90. The van der Waals surface area contributed by atoms with E-state index in [4.69, 9.17) is 0 Å². The number of benzene rings is 1. The number of nitrogens with zero attached hydrogens (tertiary/aromatic N) is 2. The molecule has 0 radical (unpaired) electrons. The minimum atomic E-state index is -0.111. The minimum absolute atomic E-state index is 0.0966. The van der Waals surface area contributed by atoms with Gasteiger partial charge in [-0.05, 0) is 53.3 Å². The molecule has 1 unspecified atom stereocenters. The number of hydrogen-bond acceptors (Lipinski definition) is 4. The number of hydrogen-bond donors (Lipinski definition) is 2. The van der Waals surface area contributed by atoms with Gasteiger partial charge < -0.3 is 15.5 Å². The van der Waals surface area contributed by atoms with Crippen LogP contribution < -0.4 is 10.6 Å². The van der Waals surface area contributed by atoms with Crippen molar-refractivity contribution in [2.45, 2.75) is 45.3 Å². The fourth-order valence-corrected chi connectivity index (χ4v) is 3.92. The summed E-state index contributed by atoms with van der Waals surface area (Å²) in [4.78, 5) is 30.7. The van der Waals surface area contributed by atoms with Gasteiger partial charge in [-0.15, -0.1) is 0 Å². The molecule has 0 fully saturated rings. The number of carbonyl (C=O) groups excluding carboxylic acids is 2. The standard InChI is InChI=1S/C23H26N4O2/c1-2-3-22(28)21-12-17(9-11-25-21)16-4-6-20(7-5-16)26-23(29)27-14-18-8-10-24-13-19(18)15-27/h4-10,13,21,25H,2-3,11-12,14-15H2,1H3,(H,26,29). The Bertz CT molecular complexity index is 911. The van der Waals surface area contributed by atoms with Crippen molar-refractivity contribution in [2.75, 3.05) is 11.9 Å². The zero-order valence-corrected chi connectivity index (χ0v) is 16.6. The van der Waals surface area contributed by atoms with Crippen molar-refractivity contribution in [2.24, 2.45) is 0 Å². The molecule has 0 aliphatic carbocycles. The Morgan fingerprint density at radius 1 is 1.17 bits per heavy atom. The number of amides is 2. The van der Waals surface area contributed by atoms with E-state index in [1.807, 2.05) is 43.5 Å². The molecule has 3 heterocycles. The maximum absolute atomic E-state index is 12.6. The number of carbonyl (C=O) groups is 2. The molecule has 4 rings (SSSR count). The molecule has 2 N–H and O–H groups in total. The smallest absolute Gasteiger partial charge is 0.316 e. The molecule has 0 bridgehead atoms. The van der Waals surface area contributed by atoms with E-state index in [0.717, 1.165) is 28.8 Å². The van der Waals surface area contributed by atoms with E-state index in [1.54, 1.807) is 11.1 Å². The summed E-state index contributed by atoms with van der Waals surface area (Å²) in [5.41, 5.74) is 5.29. The van der Waals surface area contributed by atoms with Crippen molar-refractivity contribution >= 4 is 23.1 Å². The van der Waals surface area contributed by atoms with Gasteiger partial charge in [-0.1, -0.05) is 25.1 Å². The molecule has 0 saturated carbocycles. The quantitative estimate of drug-likeness (QED) is 0.816. The lowest BCUT2D eigenvalue weighted by atomic mass is 9.92. The molecule has 2 aromatic rings. The number of nitrogens with one attached hydrogen (secondary N) is 2. The summed E-state index contributed by atoms with van der Waals surface area (Å²) in [5, 5.41) is 6.26. The number of urea groups is 1. The molecular formula is C23H26N4O2. The molecule has 2 aliphatic rings. The van der Waals surface area contributed by atoms with Crippen molar-refractivity contribution in [3.8, 4) is 0 Å². The van der Waals surface area contributed by atoms with Gasteiger partial charge in [0, 0.05) is 44.1 Å². The van der Waals surface area contributed by atoms with Crippen LogP contribution in [0.25, 0.3) is 5.57 Å². The van der Waals surface area contributed by atoms with E-state index < -0.39 is 0 Å². The zero-order chi connectivity index (χ0) is 20.2. The second kappa shape index (κ2) is 8.57. The highest BCUT2D eigenvalue weighted by Crippen LogP contribution is 2.26. The molecule has 29 heavy (non-hydrogen) atoms. The third-order valence-electron chi connectivity index (χ3n) is 5.54. The van der Waals surface area contributed by atoms with Gasteiger partial charge in [-0.25, -0.2) is 4.79 Å². The topological polar surface area (TPSA) is 74.3 Å². The SMILES string of the molecule is CCCC(=O)C1CC(c2ccc(NC(=O)N3Cc4ccncc4C3)cc2)=CCN1. The molecule has 6 heteroatoms. The lowest BCUT2D eigenvalue weighted by molar-refractivity contribution is -0.121. The Kier molecular flexibility index (Phi) is 5.71. The Morgan fingerprint density at radius 3 is 2.72 bits per heavy atom. The van der Waals surface area contributed by atoms with Crippen LogP contribution in [0.5, 0.6) is 0 Å². The van der Waals surface area contributed by atoms with E-state index in [2.05, 4.69) is 21.7 Å². The molecule has 2 aliphatic heterocycles. The van der Waals surface area contributed by atoms with E-state index in [1.165, 1.54) is 5.57 Å². The van der Waals surface area contributed by atoms with Gasteiger partial charge in [0.15, 0.2) is 0 Å². The first-order chi connectivity index (χ1) is 14.1. The van der Waals surface area contributed by atoms with Crippen LogP contribution in [0, 0.1) is 0 Å². The van der Waals surface area contributed by atoms with Gasteiger partial charge in [0.1, 0.15) is 5.78 Å². The maximum atomic E-state index is 12.6. The number of Topliss-reactive ketones (excluding diaryl/α,β-unsaturated/α-hetero) is 1. The van der Waals surface area contributed by atoms with E-state index in [-0.39, 0.29) is 17.9 Å². The molecule has 0 saturated heterocycles. The largest absolute Gasteiger partial charge is 0.322 e. The van der Waals surface area contributed by atoms with E-state index in [0.29, 0.717) is 32.5 Å². The fourth-order valence-electron chi connectivity index (χ4n) is 3.92. The van der Waals surface area contributed by atoms with Gasteiger partial charge in [0.2, 0.25) is 0 Å². The summed E-state index contributed by atoms with van der Waals surface area (Å²) >= 11 is 0. The van der Waals surface area contributed by atoms with Gasteiger partial charge in [0.25, 0.3) is 0 Å². The second-order valence-corrected chi connectivity index (χ2v) is 7.62. The van der Waals surface area contributed by atoms with E-state index >= 15 is 0 Å². The summed E-state index contributed by atoms with van der Waals surface area (Å²) < 4.78 is 0. The lowest BCUT2D eigenvalue weighted by Gasteiger charge is -2.23. The third kappa shape index (κ3) is 4.38. The average Bonchev–Trinajstić information content (AvgIpc) is 3.19. The predicted octanol–water partition coefficient (Wildman–Crippen LogP) is 3.74. The van der Waals surface area contributed by atoms with Crippen molar-refractivity contribution < 1.29 is 9.59 Å². The Hall–Kier alpha value is -2.99. The number of pyridine rings is 1. The van der Waals surface area contributed by atoms with Crippen molar-refractivity contribution in [1.29, 1.82) is 0 Å². The van der Waals surface area contributed by atoms with Crippen LogP contribution in [0.3, 0.4) is 0 Å². The van der Waals surface area contributed by atoms with Crippen LogP contribution in [0.1, 0.15) is 42.9 Å². The summed E-state index contributed by atoms with van der Waals surface area (Å²) in [6.07, 6.45) is 7.93. The minimum Gasteiger partial charge on any atom is -0.316 e. The van der Waals surface area contributed by atoms with Crippen LogP contribution in [-0.2, 0) is 17.9 Å². The molecule has 2 amide bonds. The molecule has 1 aromatic carbocycles. The molecule has 0 spiro atoms. The van der Waals surface area contributed by atoms with Crippen LogP contribution >= 0.6 is 0 Å². The monoisotopic (exact) mass is 390 g/mol. The first kappa shape index (κ1) is 19.3. The predicted molar refractivity (Wildman–Crippen MR) is 113 cm³/mol. The first-order valence-electron chi connectivity index (χ1n) is 10.2. The number of aromatic nitrogens is 1. The normalized spacial score (nSPS) is 18.2. The highest BCUT2D eigenvalue weighted by Gasteiger charge is 2.24. The summed E-state index contributed by atoms with van der Waals surface area (Å²) in [6.45, 7) is 3.93. The van der Waals surface area contributed by atoms with E-state index in [9.17, 15) is 9.59 Å². The lowest BCUT2D eigenvalue weighted by Crippen LogP contribution is -2.39. The van der Waals surface area contributed by atoms with Crippen LogP contribution in [-0.4, -0.2) is 34.3 Å². The number of anilines is 1. The summed E-state index contributed by atoms with van der Waals surface area (Å²) in [5.74, 6) is 0.281. The molecular weight excluding hydrogens is 364 g/mol. The summed E-state index contributed by atoms with van der Waals surface area (Å²) in [7, 11) is 0. The van der Waals surface area contributed by atoms with Crippen LogP contribution in [0.2, 0.25) is 0 Å². The maximum Gasteiger partial charge on any atom is 0.322 e. The first-order valence-corrected chi connectivity index (χ1v) is 10.2. The third-order valence-corrected chi connectivity index (χ3v) is 5.54. The van der Waals surface area contributed by atoms with Gasteiger partial charge in [-0.3, -0.25) is 9.78 Å². The average molecular weight is 390 g/mol. The van der Waals surface area contributed by atoms with Crippen LogP contribution in [0.15, 0.2) is 48.8 Å². The fraction of sp³-hybridized carbons (Fsp3) is 0.348. The zero-order valence-electron chi connectivity index (χ0n) is 16.6. The Labute approximate surface area is 171 Å².